The highest BCUT2D eigenvalue weighted by Gasteiger charge is 2.23. The number of hydrogen-bond donors (Lipinski definition) is 1. The fourth-order valence-corrected chi connectivity index (χ4v) is 1.80. The van der Waals surface area contributed by atoms with Gasteiger partial charge in [-0.1, -0.05) is 5.21 Å². The van der Waals surface area contributed by atoms with Crippen LogP contribution in [0.1, 0.15) is 18.5 Å². The van der Waals surface area contributed by atoms with Crippen molar-refractivity contribution in [2.45, 2.75) is 31.4 Å². The number of ether oxygens (including phenoxy) is 1. The Bertz CT molecular complexity index is 293. The molecule has 0 amide bonds. The molecule has 5 heteroatoms. The van der Waals surface area contributed by atoms with Crippen LogP contribution in [0.3, 0.4) is 0 Å². The van der Waals surface area contributed by atoms with Crippen LogP contribution in [0, 0.1) is 0 Å². The molecule has 2 rings (SSSR count). The first-order valence-corrected chi connectivity index (χ1v) is 4.98. The molecule has 1 saturated heterocycles. The fourth-order valence-electron chi connectivity index (χ4n) is 1.80. The summed E-state index contributed by atoms with van der Waals surface area (Å²) in [5.41, 5.74) is 6.96. The molecule has 14 heavy (non-hydrogen) atoms. The van der Waals surface area contributed by atoms with E-state index >= 15 is 0 Å². The maximum absolute atomic E-state index is 6.02. The average molecular weight is 196 g/mol. The van der Waals surface area contributed by atoms with Crippen molar-refractivity contribution in [3.8, 4) is 0 Å². The molecular weight excluding hydrogens is 180 g/mol. The summed E-state index contributed by atoms with van der Waals surface area (Å²) in [6.45, 7) is 0.846. The Kier molecular flexibility index (Phi) is 2.79. The lowest BCUT2D eigenvalue weighted by molar-refractivity contribution is 0.0897. The van der Waals surface area contributed by atoms with E-state index < -0.39 is 0 Å². The van der Waals surface area contributed by atoms with E-state index in [1.165, 1.54) is 0 Å². The van der Waals surface area contributed by atoms with Crippen molar-refractivity contribution < 1.29 is 4.74 Å². The first kappa shape index (κ1) is 9.61. The van der Waals surface area contributed by atoms with E-state index in [0.29, 0.717) is 0 Å². The summed E-state index contributed by atoms with van der Waals surface area (Å²) in [6, 6.07) is 0.0502. The van der Waals surface area contributed by atoms with Crippen molar-refractivity contribution in [1.82, 2.24) is 15.0 Å². The molecule has 1 aromatic rings. The van der Waals surface area contributed by atoms with Gasteiger partial charge in [0.05, 0.1) is 11.8 Å². The van der Waals surface area contributed by atoms with Gasteiger partial charge in [0.15, 0.2) is 0 Å². The number of rotatable bonds is 3. The van der Waals surface area contributed by atoms with Crippen molar-refractivity contribution in [2.75, 3.05) is 6.61 Å². The van der Waals surface area contributed by atoms with Crippen LogP contribution in [0.15, 0.2) is 6.20 Å². The molecule has 1 aromatic heterocycles. The van der Waals surface area contributed by atoms with E-state index in [4.69, 9.17) is 10.5 Å². The van der Waals surface area contributed by atoms with Gasteiger partial charge in [-0.05, 0) is 12.8 Å². The Balaban J connectivity index is 1.90. The summed E-state index contributed by atoms with van der Waals surface area (Å²) in [7, 11) is 1.86. The Labute approximate surface area is 83.2 Å². The molecule has 0 radical (unpaired) electrons. The molecule has 0 aromatic carbocycles. The second kappa shape index (κ2) is 4.06. The SMILES string of the molecule is Cn1cc(CC(N)C2CCCO2)nn1. The largest absolute Gasteiger partial charge is 0.377 e. The maximum atomic E-state index is 6.02. The van der Waals surface area contributed by atoms with Gasteiger partial charge in [-0.15, -0.1) is 5.10 Å². The zero-order valence-corrected chi connectivity index (χ0v) is 8.39. The molecule has 0 aliphatic carbocycles. The second-order valence-electron chi connectivity index (χ2n) is 3.80. The van der Waals surface area contributed by atoms with E-state index in [-0.39, 0.29) is 12.1 Å². The van der Waals surface area contributed by atoms with Gasteiger partial charge in [0.25, 0.3) is 0 Å². The zero-order chi connectivity index (χ0) is 9.97. The third-order valence-electron chi connectivity index (χ3n) is 2.54. The Morgan fingerprint density at radius 3 is 3.21 bits per heavy atom. The summed E-state index contributed by atoms with van der Waals surface area (Å²) in [5, 5.41) is 7.87. The smallest absolute Gasteiger partial charge is 0.0843 e. The van der Waals surface area contributed by atoms with Gasteiger partial charge in [0.1, 0.15) is 0 Å². The van der Waals surface area contributed by atoms with Crippen LogP contribution in [-0.4, -0.2) is 33.7 Å². The highest BCUT2D eigenvalue weighted by atomic mass is 16.5. The molecule has 2 heterocycles. The third-order valence-corrected chi connectivity index (χ3v) is 2.54. The predicted octanol–water partition coefficient (Wildman–Crippen LogP) is -0.136. The zero-order valence-electron chi connectivity index (χ0n) is 8.39. The van der Waals surface area contributed by atoms with Gasteiger partial charge in [-0.2, -0.15) is 0 Å². The van der Waals surface area contributed by atoms with Crippen LogP contribution >= 0.6 is 0 Å². The normalized spacial score (nSPS) is 24.0. The van der Waals surface area contributed by atoms with Gasteiger partial charge in [0, 0.05) is 32.3 Å². The van der Waals surface area contributed by atoms with Crippen LogP contribution in [0.5, 0.6) is 0 Å². The molecule has 5 nitrogen and oxygen atoms in total. The van der Waals surface area contributed by atoms with Gasteiger partial charge < -0.3 is 10.5 Å². The minimum absolute atomic E-state index is 0.0502. The summed E-state index contributed by atoms with van der Waals surface area (Å²) in [4.78, 5) is 0. The van der Waals surface area contributed by atoms with Gasteiger partial charge >= 0.3 is 0 Å². The summed E-state index contributed by atoms with van der Waals surface area (Å²) in [5.74, 6) is 0. The highest BCUT2D eigenvalue weighted by molar-refractivity contribution is 4.97. The Hall–Kier alpha value is -0.940. The van der Waals surface area contributed by atoms with Crippen LogP contribution in [-0.2, 0) is 18.2 Å². The molecule has 0 saturated carbocycles. The van der Waals surface area contributed by atoms with E-state index in [1.807, 2.05) is 13.2 Å². The first-order chi connectivity index (χ1) is 6.75. The van der Waals surface area contributed by atoms with Crippen molar-refractivity contribution in [2.24, 2.45) is 12.8 Å². The lowest BCUT2D eigenvalue weighted by Gasteiger charge is -2.16. The molecule has 78 valence electrons. The van der Waals surface area contributed by atoms with E-state index in [1.54, 1.807) is 4.68 Å². The summed E-state index contributed by atoms with van der Waals surface area (Å²) < 4.78 is 7.21. The minimum atomic E-state index is 0.0502. The quantitative estimate of drug-likeness (QED) is 0.731. The molecule has 1 aliphatic heterocycles. The standard InChI is InChI=1S/C9H16N4O/c1-13-6-7(11-12-13)5-8(10)9-3-2-4-14-9/h6,8-9H,2-5,10H2,1H3. The van der Waals surface area contributed by atoms with Crippen LogP contribution < -0.4 is 5.73 Å². The first-order valence-electron chi connectivity index (χ1n) is 4.98. The molecule has 0 spiro atoms. The van der Waals surface area contributed by atoms with Crippen molar-refractivity contribution in [3.63, 3.8) is 0 Å². The van der Waals surface area contributed by atoms with Gasteiger partial charge in [-0.25, -0.2) is 0 Å². The molecule has 1 fully saturated rings. The van der Waals surface area contributed by atoms with Gasteiger partial charge in [0.2, 0.25) is 0 Å². The molecule has 2 unspecified atom stereocenters. The third kappa shape index (κ3) is 2.10. The van der Waals surface area contributed by atoms with E-state index in [0.717, 1.165) is 31.6 Å². The van der Waals surface area contributed by atoms with Gasteiger partial charge in [-0.3, -0.25) is 4.68 Å². The molecular formula is C9H16N4O. The Morgan fingerprint density at radius 1 is 1.79 bits per heavy atom. The van der Waals surface area contributed by atoms with Crippen LogP contribution in [0.4, 0.5) is 0 Å². The monoisotopic (exact) mass is 196 g/mol. The fraction of sp³-hybridized carbons (Fsp3) is 0.778. The Morgan fingerprint density at radius 2 is 2.64 bits per heavy atom. The number of aromatic nitrogens is 3. The van der Waals surface area contributed by atoms with Crippen molar-refractivity contribution in [3.05, 3.63) is 11.9 Å². The summed E-state index contributed by atoms with van der Waals surface area (Å²) in [6.07, 6.45) is 5.05. The number of nitrogens with zero attached hydrogens (tertiary/aromatic N) is 3. The van der Waals surface area contributed by atoms with E-state index in [9.17, 15) is 0 Å². The molecule has 0 bridgehead atoms. The van der Waals surface area contributed by atoms with Crippen LogP contribution in [0.2, 0.25) is 0 Å². The number of hydrogen-bond acceptors (Lipinski definition) is 4. The van der Waals surface area contributed by atoms with Crippen LogP contribution in [0.25, 0.3) is 0 Å². The number of nitrogens with two attached hydrogens (primary N) is 1. The molecule has 2 atom stereocenters. The summed E-state index contributed by atoms with van der Waals surface area (Å²) >= 11 is 0. The average Bonchev–Trinajstić information content (AvgIpc) is 2.75. The lowest BCUT2D eigenvalue weighted by Crippen LogP contribution is -2.36. The minimum Gasteiger partial charge on any atom is -0.377 e. The molecule has 1 aliphatic rings. The highest BCUT2D eigenvalue weighted by Crippen LogP contribution is 2.16. The number of aryl methyl sites for hydroxylation is 1. The maximum Gasteiger partial charge on any atom is 0.0843 e. The van der Waals surface area contributed by atoms with E-state index in [2.05, 4.69) is 10.3 Å². The topological polar surface area (TPSA) is 66.0 Å². The predicted molar refractivity (Wildman–Crippen MR) is 51.7 cm³/mol. The lowest BCUT2D eigenvalue weighted by atomic mass is 10.0. The molecule has 2 N–H and O–H groups in total. The van der Waals surface area contributed by atoms with Crippen molar-refractivity contribution >= 4 is 0 Å². The van der Waals surface area contributed by atoms with Crippen molar-refractivity contribution in [1.29, 1.82) is 0 Å². The second-order valence-corrected chi connectivity index (χ2v) is 3.80.